The Morgan fingerprint density at radius 2 is 1.63 bits per heavy atom. The Balaban J connectivity index is 1.21. The van der Waals surface area contributed by atoms with Gasteiger partial charge >= 0.3 is 0 Å². The molecule has 2 aliphatic heterocycles. The number of halogens is 2. The van der Waals surface area contributed by atoms with Crippen molar-refractivity contribution in [3.8, 4) is 0 Å². The van der Waals surface area contributed by atoms with E-state index >= 15 is 0 Å². The predicted molar refractivity (Wildman–Crippen MR) is 147 cm³/mol. The van der Waals surface area contributed by atoms with E-state index in [1.54, 1.807) is 42.5 Å². The van der Waals surface area contributed by atoms with Crippen molar-refractivity contribution >= 4 is 46.5 Å². The highest BCUT2D eigenvalue weighted by Gasteiger charge is 2.35. The fourth-order valence-corrected chi connectivity index (χ4v) is 5.47. The SMILES string of the molecule is O=C(c1cccc(/C=C2\SC(=O)N(Cc3cccc(F)c3)C2=O)c1)N1CCN(Cc2ccc(Cl)cc2)CC1. The van der Waals surface area contributed by atoms with Gasteiger partial charge in [-0.15, -0.1) is 0 Å². The molecule has 0 N–H and O–H groups in total. The van der Waals surface area contributed by atoms with Gasteiger partial charge in [0.15, 0.2) is 0 Å². The molecular formula is C29H25ClFN3O3S. The predicted octanol–water partition coefficient (Wildman–Crippen LogP) is 5.67. The summed E-state index contributed by atoms with van der Waals surface area (Å²) >= 11 is 6.81. The first kappa shape index (κ1) is 26.2. The molecule has 2 heterocycles. The molecule has 2 aliphatic rings. The van der Waals surface area contributed by atoms with Crippen LogP contribution in [0.1, 0.15) is 27.0 Å². The zero-order valence-electron chi connectivity index (χ0n) is 20.5. The van der Waals surface area contributed by atoms with Crippen LogP contribution in [-0.4, -0.2) is 57.9 Å². The lowest BCUT2D eigenvalue weighted by molar-refractivity contribution is -0.123. The molecule has 0 saturated carbocycles. The van der Waals surface area contributed by atoms with E-state index in [0.29, 0.717) is 34.8 Å². The lowest BCUT2D eigenvalue weighted by Gasteiger charge is -2.34. The number of thioether (sulfide) groups is 1. The number of carbonyl (C=O) groups excluding carboxylic acids is 3. The van der Waals surface area contributed by atoms with Crippen molar-refractivity contribution in [2.24, 2.45) is 0 Å². The second-order valence-electron chi connectivity index (χ2n) is 9.22. The van der Waals surface area contributed by atoms with Crippen molar-refractivity contribution in [3.05, 3.63) is 111 Å². The van der Waals surface area contributed by atoms with E-state index in [-0.39, 0.29) is 17.4 Å². The van der Waals surface area contributed by atoms with Gasteiger partial charge in [-0.1, -0.05) is 48.0 Å². The number of rotatable bonds is 6. The van der Waals surface area contributed by atoms with E-state index < -0.39 is 17.0 Å². The van der Waals surface area contributed by atoms with Crippen LogP contribution in [0.2, 0.25) is 5.02 Å². The van der Waals surface area contributed by atoms with Crippen molar-refractivity contribution in [2.75, 3.05) is 26.2 Å². The van der Waals surface area contributed by atoms with Crippen LogP contribution in [0.25, 0.3) is 6.08 Å². The van der Waals surface area contributed by atoms with Gasteiger partial charge in [0.25, 0.3) is 17.1 Å². The fourth-order valence-electron chi connectivity index (χ4n) is 4.51. The molecule has 3 amide bonds. The van der Waals surface area contributed by atoms with Crippen molar-refractivity contribution in [2.45, 2.75) is 13.1 Å². The number of carbonyl (C=O) groups is 3. The summed E-state index contributed by atoms with van der Waals surface area (Å²) in [5.74, 6) is -0.919. The molecule has 5 rings (SSSR count). The third-order valence-electron chi connectivity index (χ3n) is 6.51. The third kappa shape index (κ3) is 6.15. The largest absolute Gasteiger partial charge is 0.336 e. The number of benzene rings is 3. The molecule has 0 spiro atoms. The molecule has 3 aromatic carbocycles. The zero-order valence-corrected chi connectivity index (χ0v) is 22.1. The Hall–Kier alpha value is -3.46. The molecule has 0 bridgehead atoms. The second kappa shape index (κ2) is 11.5. The lowest BCUT2D eigenvalue weighted by Crippen LogP contribution is -2.48. The van der Waals surface area contributed by atoms with Gasteiger partial charge < -0.3 is 4.90 Å². The van der Waals surface area contributed by atoms with Crippen molar-refractivity contribution in [1.29, 1.82) is 0 Å². The standard InChI is InChI=1S/C29H25ClFN3O3S/c30-24-9-7-20(8-10-24)18-32-11-13-33(14-12-32)27(35)23-5-1-3-21(15-23)17-26-28(36)34(29(37)38-26)19-22-4-2-6-25(31)16-22/h1-10,15-17H,11-14,18-19H2/b26-17-. The molecule has 0 aliphatic carbocycles. The summed E-state index contributed by atoms with van der Waals surface area (Å²) in [5.41, 5.74) is 2.91. The van der Waals surface area contributed by atoms with E-state index in [9.17, 15) is 18.8 Å². The smallest absolute Gasteiger partial charge is 0.293 e. The average Bonchev–Trinajstić information content (AvgIpc) is 3.17. The number of hydrogen-bond donors (Lipinski definition) is 0. The van der Waals surface area contributed by atoms with Crippen LogP contribution in [-0.2, 0) is 17.9 Å². The summed E-state index contributed by atoms with van der Waals surface area (Å²) in [7, 11) is 0. The van der Waals surface area contributed by atoms with Gasteiger partial charge in [0, 0.05) is 43.3 Å². The minimum atomic E-state index is -0.433. The highest BCUT2D eigenvalue weighted by atomic mass is 35.5. The molecule has 0 radical (unpaired) electrons. The average molecular weight is 550 g/mol. The summed E-state index contributed by atoms with van der Waals surface area (Å²) in [6.07, 6.45) is 1.62. The zero-order chi connectivity index (χ0) is 26.6. The van der Waals surface area contributed by atoms with Crippen LogP contribution in [0.5, 0.6) is 0 Å². The van der Waals surface area contributed by atoms with Crippen LogP contribution >= 0.6 is 23.4 Å². The molecule has 9 heteroatoms. The van der Waals surface area contributed by atoms with Gasteiger partial charge in [0.05, 0.1) is 11.4 Å². The molecule has 3 aromatic rings. The summed E-state index contributed by atoms with van der Waals surface area (Å²) in [4.78, 5) is 44.1. The third-order valence-corrected chi connectivity index (χ3v) is 7.67. The highest BCUT2D eigenvalue weighted by molar-refractivity contribution is 8.18. The van der Waals surface area contributed by atoms with Gasteiger partial charge in [-0.3, -0.25) is 24.2 Å². The number of piperazine rings is 1. The molecule has 0 atom stereocenters. The van der Waals surface area contributed by atoms with E-state index in [0.717, 1.165) is 36.3 Å². The minimum absolute atomic E-state index is 0.00227. The van der Waals surface area contributed by atoms with Crippen LogP contribution in [0, 0.1) is 5.82 Å². The molecule has 2 saturated heterocycles. The Morgan fingerprint density at radius 3 is 2.37 bits per heavy atom. The van der Waals surface area contributed by atoms with Crippen LogP contribution in [0.15, 0.2) is 77.7 Å². The van der Waals surface area contributed by atoms with E-state index in [4.69, 9.17) is 11.6 Å². The van der Waals surface area contributed by atoms with Gasteiger partial charge in [-0.25, -0.2) is 4.39 Å². The molecule has 6 nitrogen and oxygen atoms in total. The van der Waals surface area contributed by atoms with Gasteiger partial charge in [-0.05, 0) is 70.9 Å². The van der Waals surface area contributed by atoms with Crippen LogP contribution in [0.4, 0.5) is 9.18 Å². The van der Waals surface area contributed by atoms with E-state index in [1.807, 2.05) is 29.2 Å². The first-order valence-electron chi connectivity index (χ1n) is 12.2. The molecule has 194 valence electrons. The molecule has 2 fully saturated rings. The van der Waals surface area contributed by atoms with Crippen LogP contribution < -0.4 is 0 Å². The summed E-state index contributed by atoms with van der Waals surface area (Å²) in [6, 6.07) is 20.7. The number of imide groups is 1. The highest BCUT2D eigenvalue weighted by Crippen LogP contribution is 2.33. The van der Waals surface area contributed by atoms with Crippen molar-refractivity contribution in [3.63, 3.8) is 0 Å². The summed E-state index contributed by atoms with van der Waals surface area (Å²) < 4.78 is 13.5. The Bertz CT molecular complexity index is 1400. The fraction of sp³-hybridized carbons (Fsp3) is 0.207. The first-order valence-corrected chi connectivity index (χ1v) is 13.4. The minimum Gasteiger partial charge on any atom is -0.336 e. The maximum Gasteiger partial charge on any atom is 0.293 e. The summed E-state index contributed by atoms with van der Waals surface area (Å²) in [6.45, 7) is 3.59. The maximum atomic E-state index is 13.5. The van der Waals surface area contributed by atoms with Crippen molar-refractivity contribution < 1.29 is 18.8 Å². The normalized spacial score (nSPS) is 17.5. The van der Waals surface area contributed by atoms with E-state index in [1.165, 1.54) is 17.7 Å². The molecule has 38 heavy (non-hydrogen) atoms. The molecular weight excluding hydrogens is 525 g/mol. The first-order chi connectivity index (χ1) is 18.4. The Labute approximate surface area is 229 Å². The monoisotopic (exact) mass is 549 g/mol. The second-order valence-corrected chi connectivity index (χ2v) is 10.6. The Kier molecular flexibility index (Phi) is 7.93. The van der Waals surface area contributed by atoms with Gasteiger partial charge in [0.1, 0.15) is 5.82 Å². The van der Waals surface area contributed by atoms with Crippen LogP contribution in [0.3, 0.4) is 0 Å². The topological polar surface area (TPSA) is 60.9 Å². The number of nitrogens with zero attached hydrogens (tertiary/aromatic N) is 3. The van der Waals surface area contributed by atoms with Crippen molar-refractivity contribution in [1.82, 2.24) is 14.7 Å². The molecule has 0 aromatic heterocycles. The quantitative estimate of drug-likeness (QED) is 0.371. The van der Waals surface area contributed by atoms with Gasteiger partial charge in [-0.2, -0.15) is 0 Å². The number of amides is 3. The van der Waals surface area contributed by atoms with Gasteiger partial charge in [0.2, 0.25) is 0 Å². The lowest BCUT2D eigenvalue weighted by atomic mass is 10.1. The molecule has 0 unspecified atom stereocenters. The number of hydrogen-bond acceptors (Lipinski definition) is 5. The van der Waals surface area contributed by atoms with E-state index in [2.05, 4.69) is 4.90 Å². The Morgan fingerprint density at radius 1 is 0.895 bits per heavy atom. The summed E-state index contributed by atoms with van der Waals surface area (Å²) in [5, 5.41) is 0.305. The maximum absolute atomic E-state index is 13.5.